The number of nitrogens with two attached hydrogens (primary N) is 1. The molecule has 4 unspecified atom stereocenters. The Balaban J connectivity index is 1.40. The van der Waals surface area contributed by atoms with Gasteiger partial charge in [-0.25, -0.2) is 4.79 Å². The molecule has 0 spiro atoms. The number of carbonyl (C=O) groups excluding carboxylic acids is 3. The molecule has 3 aromatic rings. The van der Waals surface area contributed by atoms with Crippen LogP contribution in [0.2, 0.25) is 0 Å². The first kappa shape index (κ1) is 29.6. The van der Waals surface area contributed by atoms with Crippen LogP contribution in [-0.4, -0.2) is 74.5 Å². The van der Waals surface area contributed by atoms with E-state index in [1.54, 1.807) is 26.0 Å². The molecule has 1 aliphatic heterocycles. The van der Waals surface area contributed by atoms with Crippen LogP contribution in [0.25, 0.3) is 10.9 Å². The molecule has 1 saturated heterocycles. The Hall–Kier alpha value is -4.38. The van der Waals surface area contributed by atoms with E-state index in [0.29, 0.717) is 31.4 Å². The number of amides is 3. The first-order valence-electron chi connectivity index (χ1n) is 13.8. The van der Waals surface area contributed by atoms with Crippen LogP contribution in [0.1, 0.15) is 37.8 Å². The summed E-state index contributed by atoms with van der Waals surface area (Å²) in [7, 11) is 0. The second-order valence-corrected chi connectivity index (χ2v) is 10.9. The van der Waals surface area contributed by atoms with Crippen LogP contribution in [0, 0.1) is 5.92 Å². The highest BCUT2D eigenvalue weighted by Crippen LogP contribution is 2.22. The van der Waals surface area contributed by atoms with Gasteiger partial charge in [0.2, 0.25) is 17.7 Å². The number of carboxylic acid groups (broad SMARTS) is 1. The van der Waals surface area contributed by atoms with Gasteiger partial charge < -0.3 is 36.5 Å². The number of nitrogens with one attached hydrogen (secondary N) is 3. The third kappa shape index (κ3) is 7.04. The van der Waals surface area contributed by atoms with Crippen LogP contribution >= 0.6 is 0 Å². The minimum atomic E-state index is -1.24. The van der Waals surface area contributed by atoms with Gasteiger partial charge in [-0.2, -0.15) is 0 Å². The summed E-state index contributed by atoms with van der Waals surface area (Å²) in [6.07, 6.45) is 3.20. The van der Waals surface area contributed by atoms with Crippen LogP contribution in [0.5, 0.6) is 5.75 Å². The molecular formula is C30H37N5O6. The summed E-state index contributed by atoms with van der Waals surface area (Å²) in [5, 5.41) is 25.4. The summed E-state index contributed by atoms with van der Waals surface area (Å²) < 4.78 is 0. The summed E-state index contributed by atoms with van der Waals surface area (Å²) in [5.41, 5.74) is 8.81. The molecule has 7 N–H and O–H groups in total. The Morgan fingerprint density at radius 3 is 2.44 bits per heavy atom. The summed E-state index contributed by atoms with van der Waals surface area (Å²) in [4.78, 5) is 56.4. The van der Waals surface area contributed by atoms with Crippen LogP contribution in [0.4, 0.5) is 0 Å². The van der Waals surface area contributed by atoms with Gasteiger partial charge in [-0.3, -0.25) is 14.4 Å². The topological polar surface area (TPSA) is 178 Å². The lowest BCUT2D eigenvalue weighted by Gasteiger charge is -2.29. The number of aromatic hydroxyl groups is 1. The summed E-state index contributed by atoms with van der Waals surface area (Å²) in [5.74, 6) is -2.97. The Morgan fingerprint density at radius 1 is 1.05 bits per heavy atom. The third-order valence-electron chi connectivity index (χ3n) is 7.51. The lowest BCUT2D eigenvalue weighted by molar-refractivity contribution is -0.143. The number of para-hydroxylation sites is 1. The molecule has 2 aromatic carbocycles. The molecule has 4 atom stereocenters. The number of benzene rings is 2. The van der Waals surface area contributed by atoms with Crippen molar-refractivity contribution in [1.82, 2.24) is 20.5 Å². The standard InChI is InChI=1S/C30H37N5O6/c1-17(2)26(28(38)33-24(30(40)41)14-18-9-11-20(36)12-10-18)34-27(37)25-8-5-13-35(25)29(39)22(31)15-19-16-32-23-7-4-3-6-21(19)23/h3-4,6-7,9-12,16-17,22,24-26,32,36H,5,8,13-15,31H2,1-2H3,(H,33,38)(H,34,37)(H,40,41). The number of likely N-dealkylation sites (tertiary alicyclic amines) is 1. The van der Waals surface area contributed by atoms with E-state index >= 15 is 0 Å². The average Bonchev–Trinajstić information content (AvgIpc) is 3.59. The number of hydrogen-bond acceptors (Lipinski definition) is 6. The maximum Gasteiger partial charge on any atom is 0.326 e. The maximum atomic E-state index is 13.4. The Kier molecular flexibility index (Phi) is 9.28. The molecule has 11 heteroatoms. The van der Waals surface area contributed by atoms with Crippen molar-refractivity contribution < 1.29 is 29.4 Å². The number of carbonyl (C=O) groups is 4. The highest BCUT2D eigenvalue weighted by atomic mass is 16.4. The monoisotopic (exact) mass is 563 g/mol. The van der Waals surface area contributed by atoms with Crippen LogP contribution in [0.3, 0.4) is 0 Å². The van der Waals surface area contributed by atoms with Gasteiger partial charge in [0.15, 0.2) is 0 Å². The van der Waals surface area contributed by atoms with Gasteiger partial charge in [0.1, 0.15) is 23.9 Å². The lowest BCUT2D eigenvalue weighted by Crippen LogP contribution is -2.58. The highest BCUT2D eigenvalue weighted by molar-refractivity contribution is 5.95. The Morgan fingerprint density at radius 2 is 1.76 bits per heavy atom. The van der Waals surface area contributed by atoms with E-state index in [1.807, 2.05) is 30.5 Å². The minimum Gasteiger partial charge on any atom is -0.508 e. The van der Waals surface area contributed by atoms with Crippen molar-refractivity contribution in [1.29, 1.82) is 0 Å². The van der Waals surface area contributed by atoms with Gasteiger partial charge in [0.25, 0.3) is 0 Å². The average molecular weight is 564 g/mol. The molecule has 0 saturated carbocycles. The molecule has 1 fully saturated rings. The molecule has 2 heterocycles. The van der Waals surface area contributed by atoms with Gasteiger partial charge in [0, 0.05) is 30.1 Å². The largest absolute Gasteiger partial charge is 0.508 e. The molecule has 218 valence electrons. The minimum absolute atomic E-state index is 0.000657. The number of phenols is 1. The predicted octanol–water partition coefficient (Wildman–Crippen LogP) is 1.69. The van der Waals surface area contributed by atoms with E-state index in [0.717, 1.165) is 16.5 Å². The van der Waals surface area contributed by atoms with E-state index in [-0.39, 0.29) is 24.0 Å². The van der Waals surface area contributed by atoms with E-state index in [4.69, 9.17) is 5.73 Å². The van der Waals surface area contributed by atoms with E-state index < -0.39 is 42.0 Å². The number of H-pyrrole nitrogens is 1. The molecule has 1 aromatic heterocycles. The van der Waals surface area contributed by atoms with Gasteiger partial charge in [0.05, 0.1) is 6.04 Å². The van der Waals surface area contributed by atoms with Gasteiger partial charge >= 0.3 is 5.97 Å². The normalized spacial score (nSPS) is 17.3. The number of nitrogens with zero attached hydrogens (tertiary/aromatic N) is 1. The van der Waals surface area contributed by atoms with Crippen molar-refractivity contribution in [3.8, 4) is 5.75 Å². The molecule has 0 radical (unpaired) electrons. The molecule has 41 heavy (non-hydrogen) atoms. The molecule has 0 aliphatic carbocycles. The fourth-order valence-corrected chi connectivity index (χ4v) is 5.25. The van der Waals surface area contributed by atoms with Crippen molar-refractivity contribution in [2.45, 2.75) is 63.7 Å². The summed E-state index contributed by atoms with van der Waals surface area (Å²) >= 11 is 0. The SMILES string of the molecule is CC(C)C(NC(=O)C1CCCN1C(=O)C(N)Cc1c[nH]c2ccccc12)C(=O)NC(Cc1ccc(O)cc1)C(=O)O. The highest BCUT2D eigenvalue weighted by Gasteiger charge is 2.38. The van der Waals surface area contributed by atoms with Crippen LogP contribution in [-0.2, 0) is 32.0 Å². The fraction of sp³-hybridized carbons (Fsp3) is 0.400. The number of carboxylic acids is 1. The number of hydrogen-bond donors (Lipinski definition) is 6. The Bertz CT molecular complexity index is 1400. The molecule has 11 nitrogen and oxygen atoms in total. The molecule has 4 rings (SSSR count). The number of aliphatic carboxylic acids is 1. The van der Waals surface area contributed by atoms with Crippen molar-refractivity contribution in [2.75, 3.05) is 6.54 Å². The first-order chi connectivity index (χ1) is 19.5. The lowest BCUT2D eigenvalue weighted by atomic mass is 10.0. The zero-order valence-corrected chi connectivity index (χ0v) is 23.2. The second-order valence-electron chi connectivity index (χ2n) is 10.9. The number of phenolic OH excluding ortho intramolecular Hbond substituents is 1. The fourth-order valence-electron chi connectivity index (χ4n) is 5.25. The van der Waals surface area contributed by atoms with Gasteiger partial charge in [-0.1, -0.05) is 44.2 Å². The van der Waals surface area contributed by atoms with Crippen molar-refractivity contribution in [2.24, 2.45) is 11.7 Å². The van der Waals surface area contributed by atoms with Crippen molar-refractivity contribution >= 4 is 34.6 Å². The molecule has 0 bridgehead atoms. The predicted molar refractivity (Wildman–Crippen MR) is 153 cm³/mol. The summed E-state index contributed by atoms with van der Waals surface area (Å²) in [6.45, 7) is 3.87. The quantitative estimate of drug-likeness (QED) is 0.205. The van der Waals surface area contributed by atoms with Crippen molar-refractivity contribution in [3.63, 3.8) is 0 Å². The van der Waals surface area contributed by atoms with Gasteiger partial charge in [-0.05, 0) is 54.5 Å². The van der Waals surface area contributed by atoms with E-state index in [1.165, 1.54) is 17.0 Å². The second kappa shape index (κ2) is 12.9. The van der Waals surface area contributed by atoms with Crippen LogP contribution < -0.4 is 16.4 Å². The smallest absolute Gasteiger partial charge is 0.326 e. The van der Waals surface area contributed by atoms with Crippen molar-refractivity contribution in [3.05, 3.63) is 65.9 Å². The first-order valence-corrected chi connectivity index (χ1v) is 13.8. The van der Waals surface area contributed by atoms with Gasteiger partial charge in [-0.15, -0.1) is 0 Å². The van der Waals surface area contributed by atoms with Crippen LogP contribution in [0.15, 0.2) is 54.7 Å². The zero-order valence-electron chi connectivity index (χ0n) is 23.2. The molecular weight excluding hydrogens is 526 g/mol. The van der Waals surface area contributed by atoms with E-state index in [9.17, 15) is 29.4 Å². The zero-order chi connectivity index (χ0) is 29.7. The maximum absolute atomic E-state index is 13.4. The van der Waals surface area contributed by atoms with E-state index in [2.05, 4.69) is 15.6 Å². The summed E-state index contributed by atoms with van der Waals surface area (Å²) in [6, 6.07) is 9.90. The molecule has 1 aliphatic rings. The number of aromatic nitrogens is 1. The molecule has 3 amide bonds. The Labute approximate surface area is 238 Å². The number of rotatable bonds is 11. The number of aromatic amines is 1. The number of fused-ring (bicyclic) bond motifs is 1. The third-order valence-corrected chi connectivity index (χ3v) is 7.51.